The molecule has 6 heteroatoms. The predicted octanol–water partition coefficient (Wildman–Crippen LogP) is -1.46. The van der Waals surface area contributed by atoms with Crippen LogP contribution < -0.4 is 0 Å². The zero-order chi connectivity index (χ0) is 11.9. The molecule has 0 N–H and O–H groups in total. The van der Waals surface area contributed by atoms with Crippen LogP contribution in [0.15, 0.2) is 0 Å². The van der Waals surface area contributed by atoms with Crippen LogP contribution in [-0.2, 0) is 28.8 Å². The number of carbonyl (C=O) groups excluding carboxylic acids is 6. The molecule has 0 unspecified atom stereocenters. The van der Waals surface area contributed by atoms with Gasteiger partial charge in [-0.2, -0.15) is 0 Å². The highest BCUT2D eigenvalue weighted by Gasteiger charge is 2.41. The lowest BCUT2D eigenvalue weighted by molar-refractivity contribution is -0.139. The second-order valence-corrected chi connectivity index (χ2v) is 3.11. The molecule has 0 aliphatic rings. The molecule has 0 aliphatic carbocycles. The number of rotatable bonds is 8. The summed E-state index contributed by atoms with van der Waals surface area (Å²) in [5.41, 5.74) is -4.24. The van der Waals surface area contributed by atoms with E-state index in [2.05, 4.69) is 0 Å². The fourth-order valence-corrected chi connectivity index (χ4v) is 0.947. The fraction of sp³-hybridized carbons (Fsp3) is 0.333. The van der Waals surface area contributed by atoms with Gasteiger partial charge >= 0.3 is 0 Å². The summed E-state index contributed by atoms with van der Waals surface area (Å²) in [5.74, 6) is 0. The van der Waals surface area contributed by atoms with Crippen molar-refractivity contribution in [1.82, 2.24) is 0 Å². The zero-order valence-corrected chi connectivity index (χ0v) is 7.62. The lowest BCUT2D eigenvalue weighted by Crippen LogP contribution is -2.38. The normalized spacial score (nSPS) is 11.2. The Morgan fingerprint density at radius 3 is 0.867 bits per heavy atom. The zero-order valence-electron chi connectivity index (χ0n) is 7.62. The van der Waals surface area contributed by atoms with Gasteiger partial charge in [-0.1, -0.05) is 0 Å². The molecule has 0 bridgehead atoms. The maximum atomic E-state index is 10.5. The van der Waals surface area contributed by atoms with Crippen molar-refractivity contribution in [2.45, 2.75) is 6.42 Å². The first-order valence-electron chi connectivity index (χ1n) is 3.85. The molecule has 0 heterocycles. The van der Waals surface area contributed by atoms with Crippen LogP contribution in [-0.4, -0.2) is 37.7 Å². The van der Waals surface area contributed by atoms with Crippen LogP contribution in [0.3, 0.4) is 0 Å². The van der Waals surface area contributed by atoms with Crippen LogP contribution >= 0.6 is 0 Å². The third-order valence-electron chi connectivity index (χ3n) is 1.93. The fourth-order valence-electron chi connectivity index (χ4n) is 0.947. The van der Waals surface area contributed by atoms with Crippen LogP contribution in [0.2, 0.25) is 0 Å². The maximum Gasteiger partial charge on any atom is 0.140 e. The van der Waals surface area contributed by atoms with Gasteiger partial charge in [0.05, 0.1) is 0 Å². The number of carbonyl (C=O) groups is 6. The Labute approximate surface area is 84.6 Å². The maximum absolute atomic E-state index is 10.5. The van der Waals surface area contributed by atoms with Crippen molar-refractivity contribution in [3.05, 3.63) is 0 Å². The van der Waals surface area contributed by atoms with E-state index in [-0.39, 0.29) is 37.7 Å². The molecule has 0 aromatic rings. The second kappa shape index (κ2) is 5.04. The summed E-state index contributed by atoms with van der Waals surface area (Å²) < 4.78 is 0. The Hall–Kier alpha value is -1.98. The molecule has 0 aromatic heterocycles. The van der Waals surface area contributed by atoms with Crippen molar-refractivity contribution in [3.63, 3.8) is 0 Å². The minimum absolute atomic E-state index is 0.00174. The highest BCUT2D eigenvalue weighted by Crippen LogP contribution is 2.25. The molecule has 15 heavy (non-hydrogen) atoms. The van der Waals surface area contributed by atoms with Gasteiger partial charge in [0.1, 0.15) is 48.5 Å². The Balaban J connectivity index is 5.25. The molecule has 0 aliphatic heterocycles. The smallest absolute Gasteiger partial charge is 0.140 e. The van der Waals surface area contributed by atoms with Crippen molar-refractivity contribution < 1.29 is 28.8 Å². The molecule has 0 radical (unpaired) electrons. The average Bonchev–Trinajstić information content (AvgIpc) is 2.33. The molecule has 0 saturated carbocycles. The first kappa shape index (κ1) is 13.0. The molecule has 0 aromatic carbocycles. The average molecular weight is 212 g/mol. The van der Waals surface area contributed by atoms with Gasteiger partial charge in [0.2, 0.25) is 0 Å². The standard InChI is InChI=1S/C9H8O6/c10-2-8(3-11,4-12)1-9(5-13,6-14)7-15/h2-7H,1H2. The summed E-state index contributed by atoms with van der Waals surface area (Å²) in [4.78, 5) is 63.0. The SMILES string of the molecule is O=CC(C=O)(C=O)CC(C=O)(C=O)C=O. The van der Waals surface area contributed by atoms with E-state index in [1.807, 2.05) is 0 Å². The van der Waals surface area contributed by atoms with Crippen LogP contribution in [0, 0.1) is 10.8 Å². The van der Waals surface area contributed by atoms with Gasteiger partial charge in [-0.25, -0.2) is 0 Å². The van der Waals surface area contributed by atoms with Gasteiger partial charge in [0, 0.05) is 0 Å². The molecule has 6 nitrogen and oxygen atoms in total. The molecule has 0 rings (SSSR count). The van der Waals surface area contributed by atoms with E-state index in [1.54, 1.807) is 0 Å². The van der Waals surface area contributed by atoms with Crippen LogP contribution in [0.5, 0.6) is 0 Å². The highest BCUT2D eigenvalue weighted by molar-refractivity contribution is 6.07. The van der Waals surface area contributed by atoms with E-state index in [9.17, 15) is 28.8 Å². The van der Waals surface area contributed by atoms with Gasteiger partial charge in [-0.15, -0.1) is 0 Å². The summed E-state index contributed by atoms with van der Waals surface area (Å²) in [7, 11) is 0. The van der Waals surface area contributed by atoms with E-state index in [1.165, 1.54) is 0 Å². The van der Waals surface area contributed by atoms with E-state index in [0.717, 1.165) is 0 Å². The summed E-state index contributed by atoms with van der Waals surface area (Å²) in [6, 6.07) is 0. The lowest BCUT2D eigenvalue weighted by atomic mass is 9.75. The van der Waals surface area contributed by atoms with Gasteiger partial charge < -0.3 is 28.8 Å². The second-order valence-electron chi connectivity index (χ2n) is 3.11. The van der Waals surface area contributed by atoms with Crippen molar-refractivity contribution in [3.8, 4) is 0 Å². The lowest BCUT2D eigenvalue weighted by Gasteiger charge is -2.21. The highest BCUT2D eigenvalue weighted by atomic mass is 16.2. The first-order valence-corrected chi connectivity index (χ1v) is 3.85. The molecule has 0 atom stereocenters. The summed E-state index contributed by atoms with van der Waals surface area (Å²) >= 11 is 0. The molecule has 0 saturated heterocycles. The number of hydrogen-bond donors (Lipinski definition) is 0. The topological polar surface area (TPSA) is 102 Å². The van der Waals surface area contributed by atoms with Crippen LogP contribution in [0.25, 0.3) is 0 Å². The Bertz CT molecular complexity index is 232. The quantitative estimate of drug-likeness (QED) is 0.360. The first-order chi connectivity index (χ1) is 7.07. The molecule has 0 fully saturated rings. The molecule has 0 amide bonds. The summed E-state index contributed by atoms with van der Waals surface area (Å²) in [5, 5.41) is 0. The molecular weight excluding hydrogens is 204 g/mol. The Morgan fingerprint density at radius 2 is 0.733 bits per heavy atom. The third-order valence-corrected chi connectivity index (χ3v) is 1.93. The minimum atomic E-state index is -2.12. The molecular formula is C9H8O6. The van der Waals surface area contributed by atoms with Gasteiger partial charge in [0.15, 0.2) is 0 Å². The van der Waals surface area contributed by atoms with Crippen LogP contribution in [0.1, 0.15) is 6.42 Å². The van der Waals surface area contributed by atoms with Crippen LogP contribution in [0.4, 0.5) is 0 Å². The Kier molecular flexibility index (Phi) is 4.37. The molecule has 80 valence electrons. The predicted molar refractivity (Wildman–Crippen MR) is 45.9 cm³/mol. The van der Waals surface area contributed by atoms with E-state index in [0.29, 0.717) is 0 Å². The summed E-state index contributed by atoms with van der Waals surface area (Å²) in [6.07, 6.45) is -0.781. The van der Waals surface area contributed by atoms with Gasteiger partial charge in [0.25, 0.3) is 0 Å². The molecule has 0 spiro atoms. The monoisotopic (exact) mass is 212 g/mol. The van der Waals surface area contributed by atoms with E-state index < -0.39 is 17.3 Å². The van der Waals surface area contributed by atoms with E-state index >= 15 is 0 Å². The largest absolute Gasteiger partial charge is 0.302 e. The minimum Gasteiger partial charge on any atom is -0.302 e. The van der Waals surface area contributed by atoms with E-state index in [4.69, 9.17) is 0 Å². The van der Waals surface area contributed by atoms with Gasteiger partial charge in [-0.3, -0.25) is 0 Å². The van der Waals surface area contributed by atoms with Crippen molar-refractivity contribution in [1.29, 1.82) is 0 Å². The number of aldehydes is 6. The summed E-state index contributed by atoms with van der Waals surface area (Å²) in [6.45, 7) is 0. The third kappa shape index (κ3) is 2.49. The van der Waals surface area contributed by atoms with Crippen molar-refractivity contribution >= 4 is 37.7 Å². The Morgan fingerprint density at radius 1 is 0.533 bits per heavy atom. The van der Waals surface area contributed by atoms with Gasteiger partial charge in [-0.05, 0) is 6.42 Å². The number of hydrogen-bond acceptors (Lipinski definition) is 6. The van der Waals surface area contributed by atoms with Crippen molar-refractivity contribution in [2.75, 3.05) is 0 Å². The van der Waals surface area contributed by atoms with Crippen molar-refractivity contribution in [2.24, 2.45) is 10.8 Å².